The van der Waals surface area contributed by atoms with Crippen molar-refractivity contribution in [3.63, 3.8) is 0 Å². The Morgan fingerprint density at radius 3 is 2.71 bits per heavy atom. The predicted octanol–water partition coefficient (Wildman–Crippen LogP) is 2.65. The van der Waals surface area contributed by atoms with Crippen LogP contribution in [0.5, 0.6) is 0 Å². The van der Waals surface area contributed by atoms with Gasteiger partial charge < -0.3 is 5.32 Å². The lowest BCUT2D eigenvalue weighted by Gasteiger charge is -2.14. The number of halogens is 1. The van der Waals surface area contributed by atoms with Gasteiger partial charge in [-0.15, -0.1) is 11.3 Å². The average Bonchev–Trinajstić information content (AvgIpc) is 2.88. The van der Waals surface area contributed by atoms with Crippen LogP contribution < -0.4 is 10.0 Å². The van der Waals surface area contributed by atoms with E-state index in [0.29, 0.717) is 12.1 Å². The van der Waals surface area contributed by atoms with Crippen LogP contribution in [-0.2, 0) is 16.6 Å². The van der Waals surface area contributed by atoms with Crippen molar-refractivity contribution in [3.05, 3.63) is 52.0 Å². The molecule has 1 heterocycles. The first kappa shape index (κ1) is 16.1. The molecule has 1 unspecified atom stereocenters. The minimum Gasteiger partial charge on any atom is -0.315 e. The SMILES string of the molecule is CNCc1cc(S(=O)(=O)NC(C)c2ccccc2F)cs1. The van der Waals surface area contributed by atoms with Crippen LogP contribution in [0.15, 0.2) is 40.6 Å². The van der Waals surface area contributed by atoms with Gasteiger partial charge in [-0.2, -0.15) is 0 Å². The van der Waals surface area contributed by atoms with E-state index in [2.05, 4.69) is 10.0 Å². The number of sulfonamides is 1. The first-order chi connectivity index (χ1) is 9.94. The summed E-state index contributed by atoms with van der Waals surface area (Å²) in [5.41, 5.74) is 0.326. The molecule has 0 fully saturated rings. The van der Waals surface area contributed by atoms with Gasteiger partial charge in [0.05, 0.1) is 4.90 Å². The lowest BCUT2D eigenvalue weighted by atomic mass is 10.1. The molecule has 0 aliphatic heterocycles. The molecule has 2 rings (SSSR count). The van der Waals surface area contributed by atoms with Crippen molar-refractivity contribution in [2.75, 3.05) is 7.05 Å². The normalized spacial score (nSPS) is 13.3. The summed E-state index contributed by atoms with van der Waals surface area (Å²) in [5.74, 6) is -0.422. The molecule has 4 nitrogen and oxygen atoms in total. The van der Waals surface area contributed by atoms with E-state index in [0.717, 1.165) is 4.88 Å². The molecule has 1 aromatic heterocycles. The second-order valence-corrected chi connectivity index (χ2v) is 7.35. The van der Waals surface area contributed by atoms with Gasteiger partial charge in [0, 0.05) is 28.4 Å². The Kier molecular flexibility index (Phi) is 5.10. The molecule has 0 radical (unpaired) electrons. The van der Waals surface area contributed by atoms with Crippen LogP contribution in [0.4, 0.5) is 4.39 Å². The van der Waals surface area contributed by atoms with Crippen LogP contribution in [0.3, 0.4) is 0 Å². The molecule has 7 heteroatoms. The number of rotatable bonds is 6. The molecule has 0 aliphatic rings. The third-order valence-electron chi connectivity index (χ3n) is 2.99. The highest BCUT2D eigenvalue weighted by Crippen LogP contribution is 2.22. The Balaban J connectivity index is 2.18. The highest BCUT2D eigenvalue weighted by molar-refractivity contribution is 7.89. The van der Waals surface area contributed by atoms with Gasteiger partial charge in [0.25, 0.3) is 0 Å². The van der Waals surface area contributed by atoms with E-state index in [1.54, 1.807) is 43.6 Å². The Bertz CT molecular complexity index is 713. The smallest absolute Gasteiger partial charge is 0.241 e. The molecule has 114 valence electrons. The Labute approximate surface area is 128 Å². The maximum Gasteiger partial charge on any atom is 0.241 e. The van der Waals surface area contributed by atoms with Crippen LogP contribution >= 0.6 is 11.3 Å². The zero-order chi connectivity index (χ0) is 15.5. The quantitative estimate of drug-likeness (QED) is 0.857. The van der Waals surface area contributed by atoms with Crippen molar-refractivity contribution in [3.8, 4) is 0 Å². The van der Waals surface area contributed by atoms with E-state index in [4.69, 9.17) is 0 Å². The van der Waals surface area contributed by atoms with Crippen molar-refractivity contribution in [2.45, 2.75) is 24.4 Å². The summed E-state index contributed by atoms with van der Waals surface area (Å²) >= 11 is 1.37. The van der Waals surface area contributed by atoms with Gasteiger partial charge in [-0.25, -0.2) is 17.5 Å². The fraction of sp³-hybridized carbons (Fsp3) is 0.286. The van der Waals surface area contributed by atoms with Crippen LogP contribution in [0, 0.1) is 5.82 Å². The largest absolute Gasteiger partial charge is 0.315 e. The molecule has 0 spiro atoms. The maximum atomic E-state index is 13.7. The topological polar surface area (TPSA) is 58.2 Å². The molecule has 0 bridgehead atoms. The van der Waals surface area contributed by atoms with Crippen LogP contribution in [0.1, 0.15) is 23.4 Å². The van der Waals surface area contributed by atoms with E-state index in [1.807, 2.05) is 0 Å². The van der Waals surface area contributed by atoms with E-state index >= 15 is 0 Å². The van der Waals surface area contributed by atoms with Crippen molar-refractivity contribution in [1.29, 1.82) is 0 Å². The number of hydrogen-bond acceptors (Lipinski definition) is 4. The summed E-state index contributed by atoms with van der Waals surface area (Å²) in [5, 5.41) is 4.55. The molecule has 1 atom stereocenters. The Morgan fingerprint density at radius 1 is 1.33 bits per heavy atom. The maximum absolute atomic E-state index is 13.7. The van der Waals surface area contributed by atoms with Gasteiger partial charge in [0.15, 0.2) is 0 Å². The number of nitrogens with one attached hydrogen (secondary N) is 2. The third-order valence-corrected chi connectivity index (χ3v) is 5.60. The molecular formula is C14H17FN2O2S2. The molecule has 2 N–H and O–H groups in total. The van der Waals surface area contributed by atoms with Gasteiger partial charge in [0.1, 0.15) is 5.82 Å². The summed E-state index contributed by atoms with van der Waals surface area (Å²) < 4.78 is 40.8. The van der Waals surface area contributed by atoms with Crippen molar-refractivity contribution in [2.24, 2.45) is 0 Å². The van der Waals surface area contributed by atoms with Gasteiger partial charge in [-0.05, 0) is 26.1 Å². The van der Waals surface area contributed by atoms with E-state index < -0.39 is 21.9 Å². The summed E-state index contributed by atoms with van der Waals surface area (Å²) in [7, 11) is -1.86. The summed E-state index contributed by atoms with van der Waals surface area (Å²) in [6.45, 7) is 2.24. The van der Waals surface area contributed by atoms with Gasteiger partial charge in [0.2, 0.25) is 10.0 Å². The molecule has 1 aromatic carbocycles. The van der Waals surface area contributed by atoms with Gasteiger partial charge >= 0.3 is 0 Å². The van der Waals surface area contributed by atoms with Crippen LogP contribution in [0.2, 0.25) is 0 Å². The minimum atomic E-state index is -3.66. The molecule has 0 amide bonds. The lowest BCUT2D eigenvalue weighted by Crippen LogP contribution is -2.27. The van der Waals surface area contributed by atoms with E-state index in [1.165, 1.54) is 17.4 Å². The predicted molar refractivity (Wildman–Crippen MR) is 82.2 cm³/mol. The fourth-order valence-corrected chi connectivity index (χ4v) is 4.47. The van der Waals surface area contributed by atoms with Crippen LogP contribution in [-0.4, -0.2) is 15.5 Å². The summed E-state index contributed by atoms with van der Waals surface area (Å²) in [4.78, 5) is 1.14. The van der Waals surface area contributed by atoms with E-state index in [-0.39, 0.29) is 4.90 Å². The lowest BCUT2D eigenvalue weighted by molar-refractivity contribution is 0.550. The molecule has 21 heavy (non-hydrogen) atoms. The molecule has 0 aliphatic carbocycles. The third kappa shape index (κ3) is 3.88. The Hall–Kier alpha value is -1.28. The first-order valence-electron chi connectivity index (χ1n) is 6.43. The molecule has 0 saturated carbocycles. The minimum absolute atomic E-state index is 0.209. The highest BCUT2D eigenvalue weighted by Gasteiger charge is 2.21. The van der Waals surface area contributed by atoms with Gasteiger partial charge in [-0.3, -0.25) is 0 Å². The zero-order valence-electron chi connectivity index (χ0n) is 11.8. The number of thiophene rings is 1. The first-order valence-corrected chi connectivity index (χ1v) is 8.79. The van der Waals surface area contributed by atoms with Crippen molar-refractivity contribution < 1.29 is 12.8 Å². The number of hydrogen-bond donors (Lipinski definition) is 2. The molecule has 2 aromatic rings. The van der Waals surface area contributed by atoms with E-state index in [9.17, 15) is 12.8 Å². The second kappa shape index (κ2) is 6.65. The molecule has 0 saturated heterocycles. The Morgan fingerprint density at radius 2 is 2.05 bits per heavy atom. The van der Waals surface area contributed by atoms with Crippen molar-refractivity contribution in [1.82, 2.24) is 10.0 Å². The number of benzene rings is 1. The second-order valence-electron chi connectivity index (χ2n) is 4.64. The highest BCUT2D eigenvalue weighted by atomic mass is 32.2. The summed E-state index contributed by atoms with van der Waals surface area (Å²) in [6, 6.07) is 7.13. The fourth-order valence-electron chi connectivity index (χ4n) is 1.96. The average molecular weight is 328 g/mol. The van der Waals surface area contributed by atoms with Gasteiger partial charge in [-0.1, -0.05) is 18.2 Å². The monoisotopic (exact) mass is 328 g/mol. The standard InChI is InChI=1S/C14H17FN2O2S2/c1-10(13-5-3-4-6-14(13)15)17-21(18,19)12-7-11(8-16-2)20-9-12/h3-7,9-10,16-17H,8H2,1-2H3. The van der Waals surface area contributed by atoms with Crippen molar-refractivity contribution >= 4 is 21.4 Å². The summed E-state index contributed by atoms with van der Waals surface area (Å²) in [6.07, 6.45) is 0. The molecular weight excluding hydrogens is 311 g/mol. The zero-order valence-corrected chi connectivity index (χ0v) is 13.4. The van der Waals surface area contributed by atoms with Crippen LogP contribution in [0.25, 0.3) is 0 Å².